The largest absolute Gasteiger partial charge is 0.493 e. The topological polar surface area (TPSA) is 189 Å². The van der Waals surface area contributed by atoms with Crippen molar-refractivity contribution in [3.63, 3.8) is 0 Å². The van der Waals surface area contributed by atoms with E-state index in [1.807, 2.05) is 73.8 Å². The number of aryl methyl sites for hydroxylation is 1. The molecule has 5 atom stereocenters. The van der Waals surface area contributed by atoms with Crippen molar-refractivity contribution in [3.05, 3.63) is 126 Å². The van der Waals surface area contributed by atoms with Crippen molar-refractivity contribution < 1.29 is 37.8 Å². The minimum absolute atomic E-state index is 0.0856. The Morgan fingerprint density at radius 1 is 0.951 bits per heavy atom. The maximum Gasteiger partial charge on any atom is 0.493 e. The first kappa shape index (κ1) is 41.1. The van der Waals surface area contributed by atoms with Crippen LogP contribution in [0.2, 0.25) is 0 Å². The third-order valence-electron chi connectivity index (χ3n) is 11.2. The van der Waals surface area contributed by atoms with Gasteiger partial charge in [-0.2, -0.15) is 28.2 Å². The van der Waals surface area contributed by atoms with Gasteiger partial charge in [0.25, 0.3) is 0 Å². The summed E-state index contributed by atoms with van der Waals surface area (Å²) in [7, 11) is 0. The predicted octanol–water partition coefficient (Wildman–Crippen LogP) is 4.94. The van der Waals surface area contributed by atoms with Gasteiger partial charge in [-0.15, -0.1) is 5.06 Å². The number of aromatic nitrogens is 7. The number of hydrogen-bond acceptors (Lipinski definition) is 12. The van der Waals surface area contributed by atoms with Crippen LogP contribution in [0.1, 0.15) is 60.0 Å². The van der Waals surface area contributed by atoms with Crippen molar-refractivity contribution in [1.29, 1.82) is 0 Å². The number of pyridine rings is 1. The Morgan fingerprint density at radius 2 is 1.67 bits per heavy atom. The Hall–Kier alpha value is -6.60. The van der Waals surface area contributed by atoms with Crippen LogP contribution in [0.15, 0.2) is 104 Å². The van der Waals surface area contributed by atoms with E-state index in [-0.39, 0.29) is 37.9 Å². The van der Waals surface area contributed by atoms with E-state index in [1.54, 1.807) is 38.8 Å². The van der Waals surface area contributed by atoms with Crippen molar-refractivity contribution in [2.75, 3.05) is 29.9 Å². The molecule has 5 heterocycles. The zero-order valence-corrected chi connectivity index (χ0v) is 33.0. The number of fused-ring (bicyclic) bond motifs is 1. The van der Waals surface area contributed by atoms with Crippen molar-refractivity contribution in [2.24, 2.45) is 0 Å². The third-order valence-corrected chi connectivity index (χ3v) is 11.2. The highest BCUT2D eigenvalue weighted by atomic mass is 19.4. The zero-order chi connectivity index (χ0) is 42.7. The third kappa shape index (κ3) is 8.83. The van der Waals surface area contributed by atoms with Crippen LogP contribution >= 0.6 is 0 Å². The molecular weight excluding hydrogens is 796 g/mol. The molecule has 0 unspecified atom stereocenters. The van der Waals surface area contributed by atoms with E-state index in [4.69, 9.17) is 19.8 Å². The summed E-state index contributed by atoms with van der Waals surface area (Å²) in [4.78, 5) is 50.4. The fourth-order valence-corrected chi connectivity index (χ4v) is 7.97. The number of urea groups is 1. The maximum absolute atomic E-state index is 13.5. The molecule has 318 valence electrons. The number of anilines is 2. The second-order valence-corrected chi connectivity index (χ2v) is 15.1. The molecule has 19 heteroatoms. The van der Waals surface area contributed by atoms with Gasteiger partial charge < -0.3 is 35.2 Å². The summed E-state index contributed by atoms with van der Waals surface area (Å²) in [5.74, 6) is -2.17. The highest BCUT2D eigenvalue weighted by Gasteiger charge is 2.47. The van der Waals surface area contributed by atoms with Crippen molar-refractivity contribution >= 4 is 34.9 Å². The van der Waals surface area contributed by atoms with Gasteiger partial charge in [-0.05, 0) is 47.6 Å². The molecule has 4 aromatic heterocycles. The molecule has 1 aliphatic carbocycles. The fourth-order valence-electron chi connectivity index (χ4n) is 7.97. The molecule has 0 radical (unpaired) electrons. The number of imidazole rings is 1. The molecule has 0 spiro atoms. The van der Waals surface area contributed by atoms with Gasteiger partial charge in [-0.3, -0.25) is 9.67 Å². The molecule has 2 aliphatic rings. The molecule has 16 nitrogen and oxygen atoms in total. The van der Waals surface area contributed by atoms with Crippen LogP contribution in [0.3, 0.4) is 0 Å². The van der Waals surface area contributed by atoms with E-state index in [0.717, 1.165) is 23.1 Å². The smallest absolute Gasteiger partial charge is 0.388 e. The van der Waals surface area contributed by atoms with Crippen LogP contribution in [0.4, 0.5) is 29.7 Å². The van der Waals surface area contributed by atoms with Crippen LogP contribution in [0.25, 0.3) is 11.2 Å². The number of rotatable bonds is 12. The summed E-state index contributed by atoms with van der Waals surface area (Å²) in [6.07, 6.45) is 1.55. The van der Waals surface area contributed by atoms with E-state index < -0.39 is 48.5 Å². The van der Waals surface area contributed by atoms with Crippen LogP contribution in [0, 0.1) is 0 Å². The number of amides is 2. The van der Waals surface area contributed by atoms with Crippen molar-refractivity contribution in [3.8, 4) is 0 Å². The lowest BCUT2D eigenvalue weighted by atomic mass is 9.91. The van der Waals surface area contributed by atoms with E-state index in [0.29, 0.717) is 40.6 Å². The Kier molecular flexibility index (Phi) is 11.8. The Labute approximate surface area is 348 Å². The van der Waals surface area contributed by atoms with Crippen LogP contribution in [0.5, 0.6) is 0 Å². The summed E-state index contributed by atoms with van der Waals surface area (Å²) in [5.41, 5.74) is 4.37. The molecule has 8 rings (SSSR count). The van der Waals surface area contributed by atoms with E-state index in [9.17, 15) is 33.0 Å². The highest BCUT2D eigenvalue weighted by molar-refractivity contribution is 5.85. The maximum atomic E-state index is 13.5. The van der Waals surface area contributed by atoms with Gasteiger partial charge >= 0.3 is 18.2 Å². The number of carbonyl (C=O) groups excluding carboxylic acids is 2. The average Bonchev–Trinajstić information content (AvgIpc) is 4.10. The molecule has 61 heavy (non-hydrogen) atoms. The predicted molar refractivity (Wildman–Crippen MR) is 216 cm³/mol. The van der Waals surface area contributed by atoms with Gasteiger partial charge in [0, 0.05) is 50.7 Å². The van der Waals surface area contributed by atoms with Crippen molar-refractivity contribution in [2.45, 2.75) is 75.2 Å². The number of hydrogen-bond donors (Lipinski definition) is 4. The average molecular weight is 840 g/mol. The lowest BCUT2D eigenvalue weighted by Crippen LogP contribution is -2.49. The SMILES string of the molecule is CCc1cnn([C@H]2C[C@@H](n3cnc4c(NCC(c5ccccc5)c5ccccc5)nc(N5CC[C@@H](N(OC(=O)C(F)(F)F)C(=O)NCc6cccnc6)C5)nc43)[C@H](O)[C@@H]2O)c1. The molecule has 1 saturated heterocycles. The summed E-state index contributed by atoms with van der Waals surface area (Å²) in [6, 6.07) is 19.9. The molecule has 1 aliphatic heterocycles. The normalized spacial score (nSPS) is 20.3. The first-order chi connectivity index (χ1) is 29.5. The molecule has 2 amide bonds. The second-order valence-electron chi connectivity index (χ2n) is 15.1. The number of hydroxylamine groups is 2. The molecule has 4 N–H and O–H groups in total. The molecular formula is C42H44F3N11O5. The second kappa shape index (κ2) is 17.6. The highest BCUT2D eigenvalue weighted by Crippen LogP contribution is 2.40. The standard InChI is InChI=1S/C42H44F3N11O5/c1-2-26-21-50-55(23-26)33-18-32(35(57)36(33)58)54-25-49-34-37(47-22-31(28-11-5-3-6-12-28)29-13-7-4-8-14-29)51-40(52-38(34)54)53-17-15-30(24-53)56(61-39(59)42(43,44)45)41(60)48-20-27-10-9-16-46-19-27/h3-14,16,19,21,23,25,30-33,35-36,57-58H,2,15,17-18,20,22,24H2,1H3,(H,48,60)(H,47,51,52)/t30-,32-,33+,35+,36-/m1/s1. The van der Waals surface area contributed by atoms with E-state index >= 15 is 0 Å². The molecule has 6 aromatic rings. The van der Waals surface area contributed by atoms with Crippen molar-refractivity contribution in [1.82, 2.24) is 44.7 Å². The van der Waals surface area contributed by atoms with Crippen LogP contribution < -0.4 is 15.5 Å². The number of aliphatic hydroxyl groups is 2. The minimum atomic E-state index is -5.36. The lowest BCUT2D eigenvalue weighted by molar-refractivity contribution is -0.232. The van der Waals surface area contributed by atoms with E-state index in [1.165, 1.54) is 12.4 Å². The molecule has 2 aromatic carbocycles. The summed E-state index contributed by atoms with van der Waals surface area (Å²) < 4.78 is 43.8. The first-order valence-corrected chi connectivity index (χ1v) is 20.0. The summed E-state index contributed by atoms with van der Waals surface area (Å²) in [5, 5.41) is 33.6. The minimum Gasteiger partial charge on any atom is -0.388 e. The first-order valence-electron chi connectivity index (χ1n) is 20.0. The number of alkyl halides is 3. The van der Waals surface area contributed by atoms with Gasteiger partial charge in [0.1, 0.15) is 12.2 Å². The fraction of sp³-hybridized carbons (Fsp3) is 0.357. The number of nitrogens with one attached hydrogen (secondary N) is 2. The summed E-state index contributed by atoms with van der Waals surface area (Å²) >= 11 is 0. The number of halogens is 3. The monoisotopic (exact) mass is 839 g/mol. The van der Waals surface area contributed by atoms with Gasteiger partial charge in [-0.1, -0.05) is 73.7 Å². The number of aliphatic hydroxyl groups excluding tert-OH is 2. The zero-order valence-electron chi connectivity index (χ0n) is 33.0. The number of benzene rings is 2. The molecule has 1 saturated carbocycles. The van der Waals surface area contributed by atoms with Gasteiger partial charge in [-0.25, -0.2) is 14.6 Å². The van der Waals surface area contributed by atoms with Crippen LogP contribution in [-0.2, 0) is 22.6 Å². The molecule has 0 bridgehead atoms. The Bertz CT molecular complexity index is 2400. The Balaban J connectivity index is 1.13. The van der Waals surface area contributed by atoms with Gasteiger partial charge in [0.15, 0.2) is 17.0 Å². The number of nitrogens with zero attached hydrogens (tertiary/aromatic N) is 9. The van der Waals surface area contributed by atoms with Gasteiger partial charge in [0.2, 0.25) is 5.95 Å². The summed E-state index contributed by atoms with van der Waals surface area (Å²) in [6.45, 7) is 2.35. The number of carbonyl (C=O) groups is 2. The van der Waals surface area contributed by atoms with Gasteiger partial charge in [0.05, 0.1) is 30.6 Å². The molecule has 2 fully saturated rings. The quantitative estimate of drug-likeness (QED) is 0.122. The lowest BCUT2D eigenvalue weighted by Gasteiger charge is -2.27. The Morgan fingerprint density at radius 3 is 2.33 bits per heavy atom. The van der Waals surface area contributed by atoms with E-state index in [2.05, 4.69) is 20.7 Å². The van der Waals surface area contributed by atoms with Crippen LogP contribution in [-0.4, -0.2) is 106 Å².